The van der Waals surface area contributed by atoms with Gasteiger partial charge in [0, 0.05) is 16.7 Å². The first kappa shape index (κ1) is 24.6. The molecule has 32 heavy (non-hydrogen) atoms. The van der Waals surface area contributed by atoms with Gasteiger partial charge in [-0.05, 0) is 55.0 Å². The van der Waals surface area contributed by atoms with Crippen molar-refractivity contribution < 1.29 is 23.9 Å². The second kappa shape index (κ2) is 12.9. The molecule has 0 atom stereocenters. The van der Waals surface area contributed by atoms with Gasteiger partial charge in [0.05, 0.1) is 12.8 Å². The zero-order valence-electron chi connectivity index (χ0n) is 17.4. The van der Waals surface area contributed by atoms with Gasteiger partial charge in [-0.1, -0.05) is 22.0 Å². The van der Waals surface area contributed by atoms with Crippen molar-refractivity contribution in [3.63, 3.8) is 0 Å². The maximum atomic E-state index is 12.1. The predicted octanol–water partition coefficient (Wildman–Crippen LogP) is 2.62. The van der Waals surface area contributed by atoms with Crippen LogP contribution in [0, 0.1) is 0 Å². The predicted molar refractivity (Wildman–Crippen MR) is 125 cm³/mol. The van der Waals surface area contributed by atoms with E-state index in [9.17, 15) is 14.4 Å². The highest BCUT2D eigenvalue weighted by Gasteiger charge is 2.11. The highest BCUT2D eigenvalue weighted by atomic mass is 79.9. The molecule has 10 heteroatoms. The minimum atomic E-state index is -0.898. The zero-order valence-corrected chi connectivity index (χ0v) is 19.0. The average Bonchev–Trinajstić information content (AvgIpc) is 2.78. The van der Waals surface area contributed by atoms with Crippen LogP contribution in [0.2, 0.25) is 0 Å². The topological polar surface area (TPSA) is 118 Å². The largest absolute Gasteiger partial charge is 0.490 e. The van der Waals surface area contributed by atoms with Crippen LogP contribution in [0.1, 0.15) is 12.5 Å². The molecule has 3 N–H and O–H groups in total. The molecule has 2 rings (SSSR count). The summed E-state index contributed by atoms with van der Waals surface area (Å²) in [5.74, 6) is -1.25. The van der Waals surface area contributed by atoms with Crippen molar-refractivity contribution in [3.8, 4) is 11.5 Å². The van der Waals surface area contributed by atoms with Gasteiger partial charge in [0.1, 0.15) is 0 Å². The van der Waals surface area contributed by atoms with E-state index in [1.807, 2.05) is 19.1 Å². The SMILES string of the molecule is C=CCNC(=O)C(=O)N/N=C\c1ccc(OCC(=O)Nc2ccc(Br)cc2)c(OCC)c1. The highest BCUT2D eigenvalue weighted by Crippen LogP contribution is 2.28. The Bertz CT molecular complexity index is 992. The van der Waals surface area contributed by atoms with E-state index in [4.69, 9.17) is 9.47 Å². The Labute approximate surface area is 194 Å². The molecule has 0 saturated heterocycles. The number of amides is 3. The number of benzene rings is 2. The Balaban J connectivity index is 1.95. The molecule has 168 valence electrons. The lowest BCUT2D eigenvalue weighted by molar-refractivity contribution is -0.139. The summed E-state index contributed by atoms with van der Waals surface area (Å²) in [6.45, 7) is 5.60. The summed E-state index contributed by atoms with van der Waals surface area (Å²) in [5, 5.41) is 8.83. The van der Waals surface area contributed by atoms with E-state index in [0.717, 1.165) is 4.47 Å². The van der Waals surface area contributed by atoms with Gasteiger partial charge in [-0.15, -0.1) is 6.58 Å². The number of anilines is 1. The smallest absolute Gasteiger partial charge is 0.329 e. The second-order valence-electron chi connectivity index (χ2n) is 6.18. The maximum Gasteiger partial charge on any atom is 0.329 e. The van der Waals surface area contributed by atoms with E-state index in [0.29, 0.717) is 29.4 Å². The summed E-state index contributed by atoms with van der Waals surface area (Å²) in [6.07, 6.45) is 2.81. The van der Waals surface area contributed by atoms with Crippen molar-refractivity contribution in [2.45, 2.75) is 6.92 Å². The number of hydrazone groups is 1. The summed E-state index contributed by atoms with van der Waals surface area (Å²) in [4.78, 5) is 35.2. The van der Waals surface area contributed by atoms with Gasteiger partial charge < -0.3 is 20.1 Å². The normalized spacial score (nSPS) is 10.3. The third-order valence-electron chi connectivity index (χ3n) is 3.75. The fourth-order valence-corrected chi connectivity index (χ4v) is 2.59. The number of carbonyl (C=O) groups is 3. The van der Waals surface area contributed by atoms with Crippen molar-refractivity contribution >= 4 is 45.6 Å². The first-order valence-electron chi connectivity index (χ1n) is 9.60. The second-order valence-corrected chi connectivity index (χ2v) is 7.10. The molecule has 0 spiro atoms. The molecule has 0 bridgehead atoms. The lowest BCUT2D eigenvalue weighted by Crippen LogP contribution is -2.37. The van der Waals surface area contributed by atoms with E-state index in [-0.39, 0.29) is 19.1 Å². The molecule has 0 radical (unpaired) electrons. The standard InChI is InChI=1S/C22H23BrN4O5/c1-3-11-24-21(29)22(30)27-25-13-15-5-10-18(19(12-15)31-4-2)32-14-20(28)26-17-8-6-16(23)7-9-17/h3,5-10,12-13H,1,4,11,14H2,2H3,(H,24,29)(H,26,28)(H,27,30)/b25-13-. The summed E-state index contributed by atoms with van der Waals surface area (Å²) < 4.78 is 12.1. The van der Waals surface area contributed by atoms with Gasteiger partial charge in [-0.25, -0.2) is 5.43 Å². The fourth-order valence-electron chi connectivity index (χ4n) is 2.33. The average molecular weight is 503 g/mol. The van der Waals surface area contributed by atoms with Crippen LogP contribution in [0.4, 0.5) is 5.69 Å². The Morgan fingerprint density at radius 1 is 1.06 bits per heavy atom. The van der Waals surface area contributed by atoms with E-state index in [1.165, 1.54) is 12.3 Å². The molecule has 0 heterocycles. The van der Waals surface area contributed by atoms with Crippen LogP contribution in [0.25, 0.3) is 0 Å². The van der Waals surface area contributed by atoms with Crippen molar-refractivity contribution in [3.05, 3.63) is 65.2 Å². The quantitative estimate of drug-likeness (QED) is 0.200. The number of nitrogens with zero attached hydrogens (tertiary/aromatic N) is 1. The minimum absolute atomic E-state index is 0.177. The molecule has 0 aliphatic rings. The molecule has 2 aromatic carbocycles. The minimum Gasteiger partial charge on any atom is -0.490 e. The molecular weight excluding hydrogens is 480 g/mol. The number of carbonyl (C=O) groups excluding carboxylic acids is 3. The van der Waals surface area contributed by atoms with E-state index < -0.39 is 11.8 Å². The zero-order chi connectivity index (χ0) is 23.3. The van der Waals surface area contributed by atoms with Crippen molar-refractivity contribution in [1.82, 2.24) is 10.7 Å². The third kappa shape index (κ3) is 8.23. The highest BCUT2D eigenvalue weighted by molar-refractivity contribution is 9.10. The Morgan fingerprint density at radius 2 is 1.81 bits per heavy atom. The van der Waals surface area contributed by atoms with E-state index in [2.05, 4.69) is 43.7 Å². The van der Waals surface area contributed by atoms with Gasteiger partial charge in [0.25, 0.3) is 5.91 Å². The van der Waals surface area contributed by atoms with Gasteiger partial charge in [0.2, 0.25) is 0 Å². The van der Waals surface area contributed by atoms with Crippen LogP contribution in [-0.2, 0) is 14.4 Å². The van der Waals surface area contributed by atoms with Crippen LogP contribution >= 0.6 is 15.9 Å². The van der Waals surface area contributed by atoms with Crippen LogP contribution in [0.15, 0.2) is 64.7 Å². The molecule has 0 unspecified atom stereocenters. The molecule has 9 nitrogen and oxygen atoms in total. The summed E-state index contributed by atoms with van der Waals surface area (Å²) in [6, 6.07) is 12.1. The Kier molecular flexibility index (Phi) is 9.92. The van der Waals surface area contributed by atoms with Crippen molar-refractivity contribution in [2.75, 3.05) is 25.1 Å². The monoisotopic (exact) mass is 502 g/mol. The van der Waals surface area contributed by atoms with Crippen LogP contribution in [0.5, 0.6) is 11.5 Å². The molecule has 0 aromatic heterocycles. The number of ether oxygens (including phenoxy) is 2. The fraction of sp³-hybridized carbons (Fsp3) is 0.182. The first-order valence-corrected chi connectivity index (χ1v) is 10.4. The van der Waals surface area contributed by atoms with Crippen molar-refractivity contribution in [2.24, 2.45) is 5.10 Å². The molecule has 0 fully saturated rings. The Hall–Kier alpha value is -3.66. The van der Waals surface area contributed by atoms with Crippen LogP contribution in [-0.4, -0.2) is 43.7 Å². The molecule has 0 saturated carbocycles. The number of halogens is 1. The third-order valence-corrected chi connectivity index (χ3v) is 4.28. The van der Waals surface area contributed by atoms with Gasteiger partial charge in [0.15, 0.2) is 18.1 Å². The number of nitrogens with one attached hydrogen (secondary N) is 3. The number of hydrogen-bond donors (Lipinski definition) is 3. The summed E-state index contributed by atoms with van der Waals surface area (Å²) >= 11 is 3.34. The molecular formula is C22H23BrN4O5. The van der Waals surface area contributed by atoms with E-state index in [1.54, 1.807) is 30.3 Å². The van der Waals surface area contributed by atoms with Gasteiger partial charge in [-0.3, -0.25) is 14.4 Å². The summed E-state index contributed by atoms with van der Waals surface area (Å²) in [5.41, 5.74) is 3.37. The lowest BCUT2D eigenvalue weighted by atomic mass is 10.2. The molecule has 0 aliphatic heterocycles. The van der Waals surface area contributed by atoms with Crippen molar-refractivity contribution in [1.29, 1.82) is 0 Å². The van der Waals surface area contributed by atoms with Crippen LogP contribution < -0.4 is 25.5 Å². The van der Waals surface area contributed by atoms with Gasteiger partial charge >= 0.3 is 11.8 Å². The molecule has 2 aromatic rings. The Morgan fingerprint density at radius 3 is 2.50 bits per heavy atom. The number of rotatable bonds is 10. The summed E-state index contributed by atoms with van der Waals surface area (Å²) in [7, 11) is 0. The van der Waals surface area contributed by atoms with Crippen LogP contribution in [0.3, 0.4) is 0 Å². The lowest BCUT2D eigenvalue weighted by Gasteiger charge is -2.12. The molecule has 0 aliphatic carbocycles. The van der Waals surface area contributed by atoms with E-state index >= 15 is 0 Å². The molecule has 3 amide bonds. The first-order chi connectivity index (χ1) is 15.4. The number of hydrogen-bond acceptors (Lipinski definition) is 6. The maximum absolute atomic E-state index is 12.1. The van der Waals surface area contributed by atoms with Gasteiger partial charge in [-0.2, -0.15) is 5.10 Å².